The molecule has 10 heteroatoms. The second-order valence-electron chi connectivity index (χ2n) is 6.96. The minimum absolute atomic E-state index is 0.182. The largest absolute Gasteiger partial charge is 0.322 e. The lowest BCUT2D eigenvalue weighted by Gasteiger charge is -2.09. The number of aryl methyl sites for hydroxylation is 1. The molecule has 0 spiro atoms. The van der Waals surface area contributed by atoms with Gasteiger partial charge in [0.25, 0.3) is 5.91 Å². The van der Waals surface area contributed by atoms with E-state index in [-0.39, 0.29) is 5.91 Å². The van der Waals surface area contributed by atoms with E-state index < -0.39 is 0 Å². The number of amides is 1. The summed E-state index contributed by atoms with van der Waals surface area (Å²) in [7, 11) is 0. The minimum atomic E-state index is -0.182. The smallest absolute Gasteiger partial charge is 0.255 e. The molecule has 1 aromatic carbocycles. The molecule has 0 unspecified atom stereocenters. The van der Waals surface area contributed by atoms with Crippen molar-refractivity contribution in [2.24, 2.45) is 0 Å². The first-order valence-electron chi connectivity index (χ1n) is 9.78. The Labute approximate surface area is 187 Å². The molecule has 5 rings (SSSR count). The SMILES string of the molecule is Cc1cc(Nc2nc(Sc3ccc(NC(=O)c4ccncc4)cc3)nn3cccc23)n[nH]1. The first-order chi connectivity index (χ1) is 15.6. The molecule has 0 aliphatic heterocycles. The minimum Gasteiger partial charge on any atom is -0.322 e. The van der Waals surface area contributed by atoms with Crippen LogP contribution in [0.15, 0.2) is 83.2 Å². The molecule has 1 amide bonds. The van der Waals surface area contributed by atoms with Crippen LogP contribution in [0.25, 0.3) is 5.52 Å². The Hall–Kier alpha value is -4.18. The van der Waals surface area contributed by atoms with Gasteiger partial charge in [-0.15, -0.1) is 5.10 Å². The van der Waals surface area contributed by atoms with Gasteiger partial charge in [-0.2, -0.15) is 5.10 Å². The molecule has 0 atom stereocenters. The van der Waals surface area contributed by atoms with Gasteiger partial charge in [-0.1, -0.05) is 0 Å². The molecule has 0 bridgehead atoms. The standard InChI is InChI=1S/C22H18N8OS/c1-14-13-19(28-27-14)25-20-18-3-2-12-30(18)29-22(26-20)32-17-6-4-16(5-7-17)24-21(31)15-8-10-23-11-9-15/h2-13H,1H3,(H,24,31)(H2,25,26,27,28,29). The van der Waals surface area contributed by atoms with Crippen molar-refractivity contribution in [3.8, 4) is 0 Å². The zero-order valence-corrected chi connectivity index (χ0v) is 17.8. The van der Waals surface area contributed by atoms with Gasteiger partial charge >= 0.3 is 0 Å². The molecular weight excluding hydrogens is 424 g/mol. The lowest BCUT2D eigenvalue weighted by Crippen LogP contribution is -2.11. The van der Waals surface area contributed by atoms with E-state index in [2.05, 4.69) is 35.9 Å². The van der Waals surface area contributed by atoms with Crippen molar-refractivity contribution in [2.75, 3.05) is 10.6 Å². The molecule has 4 heterocycles. The van der Waals surface area contributed by atoms with Crippen LogP contribution in [0.3, 0.4) is 0 Å². The van der Waals surface area contributed by atoms with Crippen molar-refractivity contribution in [1.82, 2.24) is 29.8 Å². The third kappa shape index (κ3) is 4.30. The number of benzene rings is 1. The molecule has 32 heavy (non-hydrogen) atoms. The molecule has 0 saturated carbocycles. The summed E-state index contributed by atoms with van der Waals surface area (Å²) in [4.78, 5) is 21.8. The van der Waals surface area contributed by atoms with E-state index in [9.17, 15) is 4.79 Å². The van der Waals surface area contributed by atoms with E-state index in [1.807, 2.05) is 55.6 Å². The van der Waals surface area contributed by atoms with E-state index in [0.717, 1.165) is 16.1 Å². The molecule has 9 nitrogen and oxygen atoms in total. The van der Waals surface area contributed by atoms with Crippen LogP contribution < -0.4 is 10.6 Å². The number of aromatic nitrogens is 6. The Kier molecular flexibility index (Phi) is 5.26. The lowest BCUT2D eigenvalue weighted by molar-refractivity contribution is 0.102. The fourth-order valence-electron chi connectivity index (χ4n) is 3.07. The van der Waals surface area contributed by atoms with Crippen molar-refractivity contribution in [3.05, 3.63) is 84.4 Å². The predicted molar refractivity (Wildman–Crippen MR) is 122 cm³/mol. The average Bonchev–Trinajstić information content (AvgIpc) is 3.44. The zero-order valence-electron chi connectivity index (χ0n) is 17.0. The Balaban J connectivity index is 1.33. The Morgan fingerprint density at radius 1 is 1.09 bits per heavy atom. The number of H-pyrrole nitrogens is 1. The van der Waals surface area contributed by atoms with Crippen LogP contribution in [-0.4, -0.2) is 35.7 Å². The van der Waals surface area contributed by atoms with Crippen LogP contribution in [0.2, 0.25) is 0 Å². The molecule has 158 valence electrons. The van der Waals surface area contributed by atoms with E-state index in [1.165, 1.54) is 11.8 Å². The summed E-state index contributed by atoms with van der Waals surface area (Å²) in [5.74, 6) is 1.17. The predicted octanol–water partition coefficient (Wildman–Crippen LogP) is 4.30. The summed E-state index contributed by atoms with van der Waals surface area (Å²) >= 11 is 1.43. The third-order valence-corrected chi connectivity index (χ3v) is 5.45. The number of aromatic amines is 1. The molecule has 3 N–H and O–H groups in total. The summed E-state index contributed by atoms with van der Waals surface area (Å²) in [5.41, 5.74) is 3.07. The molecule has 0 radical (unpaired) electrons. The third-order valence-electron chi connectivity index (χ3n) is 4.59. The van der Waals surface area contributed by atoms with Gasteiger partial charge in [0.15, 0.2) is 11.6 Å². The second kappa shape index (κ2) is 8.52. The van der Waals surface area contributed by atoms with Gasteiger partial charge in [-0.25, -0.2) is 9.50 Å². The second-order valence-corrected chi connectivity index (χ2v) is 8.00. The fourth-order valence-corrected chi connectivity index (χ4v) is 3.82. The first kappa shape index (κ1) is 19.8. The maximum absolute atomic E-state index is 12.3. The van der Waals surface area contributed by atoms with Crippen molar-refractivity contribution in [3.63, 3.8) is 0 Å². The number of nitrogens with one attached hydrogen (secondary N) is 3. The summed E-state index contributed by atoms with van der Waals surface area (Å²) in [6.45, 7) is 1.94. The van der Waals surface area contributed by atoms with Gasteiger partial charge < -0.3 is 10.6 Å². The number of fused-ring (bicyclic) bond motifs is 1. The molecular formula is C22H18N8OS. The van der Waals surface area contributed by atoms with Gasteiger partial charge in [-0.3, -0.25) is 14.9 Å². The van der Waals surface area contributed by atoms with Gasteiger partial charge in [0.2, 0.25) is 5.16 Å². The first-order valence-corrected chi connectivity index (χ1v) is 10.6. The number of hydrogen-bond acceptors (Lipinski definition) is 7. The zero-order chi connectivity index (χ0) is 21.9. The average molecular weight is 443 g/mol. The highest BCUT2D eigenvalue weighted by atomic mass is 32.2. The maximum atomic E-state index is 12.3. The highest BCUT2D eigenvalue weighted by Crippen LogP contribution is 2.29. The Morgan fingerprint density at radius 2 is 1.91 bits per heavy atom. The molecule has 0 saturated heterocycles. The van der Waals surface area contributed by atoms with Crippen LogP contribution in [0.5, 0.6) is 0 Å². The van der Waals surface area contributed by atoms with E-state index in [0.29, 0.717) is 28.0 Å². The molecule has 5 aromatic rings. The van der Waals surface area contributed by atoms with Gasteiger partial charge in [0, 0.05) is 46.5 Å². The van der Waals surface area contributed by atoms with E-state index >= 15 is 0 Å². The van der Waals surface area contributed by atoms with E-state index in [1.54, 1.807) is 29.0 Å². The van der Waals surface area contributed by atoms with Gasteiger partial charge in [0.05, 0.1) is 0 Å². The molecule has 4 aromatic heterocycles. The highest BCUT2D eigenvalue weighted by Gasteiger charge is 2.11. The summed E-state index contributed by atoms with van der Waals surface area (Å²) in [6.07, 6.45) is 5.05. The topological polar surface area (TPSA) is 113 Å². The summed E-state index contributed by atoms with van der Waals surface area (Å²) in [6, 6.07) is 16.6. The molecule has 0 aliphatic carbocycles. The van der Waals surface area contributed by atoms with Crippen molar-refractivity contribution < 1.29 is 4.79 Å². The number of pyridine rings is 1. The van der Waals surface area contributed by atoms with Crippen LogP contribution >= 0.6 is 11.8 Å². The van der Waals surface area contributed by atoms with Crippen molar-refractivity contribution in [2.45, 2.75) is 17.0 Å². The van der Waals surface area contributed by atoms with Crippen LogP contribution in [-0.2, 0) is 0 Å². The highest BCUT2D eigenvalue weighted by molar-refractivity contribution is 7.99. The summed E-state index contributed by atoms with van der Waals surface area (Å²) in [5, 5.41) is 18.4. The number of carbonyl (C=O) groups is 1. The van der Waals surface area contributed by atoms with Crippen molar-refractivity contribution >= 4 is 40.5 Å². The van der Waals surface area contributed by atoms with Gasteiger partial charge in [0.1, 0.15) is 5.52 Å². The monoisotopic (exact) mass is 442 g/mol. The normalized spacial score (nSPS) is 10.9. The van der Waals surface area contributed by atoms with Crippen LogP contribution in [0.1, 0.15) is 16.1 Å². The number of hydrogen-bond donors (Lipinski definition) is 3. The van der Waals surface area contributed by atoms with Gasteiger partial charge in [-0.05, 0) is 67.2 Å². The maximum Gasteiger partial charge on any atom is 0.255 e. The Morgan fingerprint density at radius 3 is 2.66 bits per heavy atom. The molecule has 0 fully saturated rings. The quantitative estimate of drug-likeness (QED) is 0.359. The number of anilines is 3. The molecule has 0 aliphatic rings. The lowest BCUT2D eigenvalue weighted by atomic mass is 10.2. The number of carbonyl (C=O) groups excluding carboxylic acids is 1. The number of nitrogens with zero attached hydrogens (tertiary/aromatic N) is 5. The van der Waals surface area contributed by atoms with Crippen LogP contribution in [0.4, 0.5) is 17.3 Å². The summed E-state index contributed by atoms with van der Waals surface area (Å²) < 4.78 is 1.78. The van der Waals surface area contributed by atoms with E-state index in [4.69, 9.17) is 0 Å². The van der Waals surface area contributed by atoms with Crippen LogP contribution in [0, 0.1) is 6.92 Å². The van der Waals surface area contributed by atoms with Crippen molar-refractivity contribution in [1.29, 1.82) is 0 Å². The Bertz CT molecular complexity index is 1380. The number of rotatable bonds is 6. The fraction of sp³-hybridized carbons (Fsp3) is 0.0455.